The van der Waals surface area contributed by atoms with Gasteiger partial charge in [-0.3, -0.25) is 48.3 Å². The van der Waals surface area contributed by atoms with Crippen LogP contribution in [0.15, 0.2) is 202 Å². The second-order valence-corrected chi connectivity index (χ2v) is 34.6. The molecule has 12 heterocycles. The van der Waals surface area contributed by atoms with Crippen molar-refractivity contribution in [2.24, 2.45) is 17.8 Å². The fourth-order valence-corrected chi connectivity index (χ4v) is 17.7. The molecule has 28 heteroatoms. The number of aryl methyl sites for hydroxylation is 1. The van der Waals surface area contributed by atoms with E-state index in [-0.39, 0.29) is 47.1 Å². The fraction of sp³-hybridized carbons (Fsp3) is 0.351. The van der Waals surface area contributed by atoms with Crippen LogP contribution in [0.5, 0.6) is 5.75 Å². The molecule has 3 aromatic carbocycles. The average molecular weight is 1910 g/mol. The number of nitrogens with zero attached hydrogens (tertiary/aromatic N) is 12. The third-order valence-electron chi connectivity index (χ3n) is 23.7. The zero-order valence-electron chi connectivity index (χ0n) is 69.2. The van der Waals surface area contributed by atoms with Crippen molar-refractivity contribution >= 4 is 101 Å². The van der Waals surface area contributed by atoms with Gasteiger partial charge in [-0.2, -0.15) is 18.2 Å². The molecule has 24 nitrogen and oxygen atoms in total. The number of sulfonamides is 1. The first-order chi connectivity index (χ1) is 58.5. The number of Topliss-reactive ketones (excluding diaryl/α,β-unsaturated/α-hetero) is 2. The number of hydrogen-bond donors (Lipinski definition) is 3. The molecule has 3 N–H and O–H groups in total. The Morgan fingerprint density at radius 2 is 1.03 bits per heavy atom. The summed E-state index contributed by atoms with van der Waals surface area (Å²) in [6.07, 6.45) is 30.8. The van der Waals surface area contributed by atoms with Crippen molar-refractivity contribution in [3.8, 4) is 28.5 Å². The quantitative estimate of drug-likeness (QED) is 0.0501. The van der Waals surface area contributed by atoms with Gasteiger partial charge in [0.2, 0.25) is 10.0 Å². The molecule has 5 aliphatic rings. The zero-order valence-corrected chi connectivity index (χ0v) is 72.2. The Bertz CT molecular complexity index is 6020. The monoisotopic (exact) mass is 1910 g/mol. The van der Waals surface area contributed by atoms with Crippen LogP contribution in [0, 0.1) is 30.7 Å². The van der Waals surface area contributed by atoms with E-state index in [9.17, 15) is 41.2 Å². The number of carbonyl (C=O) groups excluding carboxylic acids is 5. The summed E-state index contributed by atoms with van der Waals surface area (Å²) in [4.78, 5) is 94.5. The molecule has 0 radical (unpaired) electrons. The van der Waals surface area contributed by atoms with Gasteiger partial charge in [0, 0.05) is 132 Å². The zero-order chi connectivity index (χ0) is 84.5. The third-order valence-corrected chi connectivity index (χ3v) is 25.6. The molecule has 2 aliphatic heterocycles. The first-order valence-corrected chi connectivity index (χ1v) is 43.2. The van der Waals surface area contributed by atoms with Gasteiger partial charge < -0.3 is 33.7 Å². The molecule has 640 valence electrons. The molecule has 122 heavy (non-hydrogen) atoms. The van der Waals surface area contributed by atoms with E-state index in [0.29, 0.717) is 127 Å². The summed E-state index contributed by atoms with van der Waals surface area (Å²) >= 11 is 0. The molecule has 3 aliphatic carbocycles. The minimum absolute atomic E-state index is 0. The van der Waals surface area contributed by atoms with Crippen molar-refractivity contribution in [2.45, 2.75) is 154 Å². The van der Waals surface area contributed by atoms with E-state index >= 15 is 0 Å². The Morgan fingerprint density at radius 1 is 0.541 bits per heavy atom. The first kappa shape index (κ1) is 84.9. The summed E-state index contributed by atoms with van der Waals surface area (Å²) < 4.78 is 73.1. The number of rotatable bonds is 19. The summed E-state index contributed by atoms with van der Waals surface area (Å²) in [7, 11) is -1.72. The molecule has 0 bridgehead atoms. The summed E-state index contributed by atoms with van der Waals surface area (Å²) in [5.41, 5.74) is 10.4. The van der Waals surface area contributed by atoms with E-state index in [1.54, 1.807) is 81.8 Å². The van der Waals surface area contributed by atoms with E-state index in [0.717, 1.165) is 124 Å². The first-order valence-electron chi connectivity index (χ1n) is 41.7. The minimum atomic E-state index is -3.38. The van der Waals surface area contributed by atoms with Gasteiger partial charge in [0.25, 0.3) is 11.8 Å². The number of likely N-dealkylation sites (tertiary alicyclic amines) is 2. The van der Waals surface area contributed by atoms with Crippen molar-refractivity contribution in [3.63, 3.8) is 0 Å². The Morgan fingerprint density at radius 3 is 1.59 bits per heavy atom. The number of anilines is 3. The molecule has 0 atom stereocenters. The summed E-state index contributed by atoms with van der Waals surface area (Å²) in [5, 5.41) is 9.45. The molecule has 0 unspecified atom stereocenters. The van der Waals surface area contributed by atoms with Crippen molar-refractivity contribution in [1.82, 2.24) is 58.0 Å². The van der Waals surface area contributed by atoms with Crippen molar-refractivity contribution < 1.29 is 50.6 Å². The number of halogens is 2. The molecule has 3 saturated carbocycles. The van der Waals surface area contributed by atoms with Gasteiger partial charge in [0.05, 0.1) is 83.3 Å². The summed E-state index contributed by atoms with van der Waals surface area (Å²) in [6.45, 7) is 13.4. The van der Waals surface area contributed by atoms with Gasteiger partial charge in [0.15, 0.2) is 11.6 Å². The molecule has 5 fully saturated rings. The number of alkyl halides is 2. The van der Waals surface area contributed by atoms with E-state index in [2.05, 4.69) is 65.4 Å². The summed E-state index contributed by atoms with van der Waals surface area (Å²) in [5.74, 6) is 1.41. The number of methoxy groups -OCH3 is 1. The number of ether oxygens (including phenoxy) is 2. The van der Waals surface area contributed by atoms with Crippen molar-refractivity contribution in [1.29, 1.82) is 0 Å². The second kappa shape index (κ2) is 37.0. The van der Waals surface area contributed by atoms with Gasteiger partial charge in [-0.25, -0.2) is 41.9 Å². The van der Waals surface area contributed by atoms with Gasteiger partial charge in [-0.15, -0.1) is 12.1 Å². The van der Waals surface area contributed by atoms with Gasteiger partial charge in [0.1, 0.15) is 39.7 Å². The predicted molar refractivity (Wildman–Crippen MR) is 466 cm³/mol. The maximum atomic E-state index is 14.1. The molecule has 2 saturated heterocycles. The molecule has 3 amide bonds. The maximum absolute atomic E-state index is 14.1. The Kier molecular flexibility index (Phi) is 25.8. The molecule has 10 aromatic heterocycles. The SMILES string of the molecule is CC1(F)CCC(C(=O)c2cnc3c(ccn3-c3cncc(NS(=O)(=O)C4CC4)c3)c2)CC1.CCOC(=O)Nc1cncc(-n2ccc3cc(C(=O)C4CCC(C)(F)CC4)cnc32)c1.COc1ccc(-n2ccc3c(NCc4ccccc4)c(C(=O)N4CCCCC4)cnc32)cc1.Cc1c(C(=O)N2CCC(C)CC2)cnc2c1ccn2-c1cc[c-]cc1.[No]. The van der Waals surface area contributed by atoms with E-state index < -0.39 is 27.5 Å². The number of carbonyl (C=O) groups is 5. The molecular formula is C94H100F2N15NoO9S-. The molecule has 18 rings (SSSR count). The van der Waals surface area contributed by atoms with Crippen LogP contribution in [-0.4, -0.2) is 152 Å². The largest absolute Gasteiger partial charge is 0.497 e. The predicted octanol–water partition coefficient (Wildman–Crippen LogP) is 18.8. The molecular weight excluding hydrogens is 1810 g/mol. The van der Waals surface area contributed by atoms with Crippen LogP contribution in [0.25, 0.3) is 66.9 Å². The Labute approximate surface area is 702 Å². The smallest absolute Gasteiger partial charge is 0.411 e. The molecule has 13 aromatic rings. The number of aromatic nitrogens is 10. The number of hydrogen-bond acceptors (Lipinski definition) is 16. The van der Waals surface area contributed by atoms with Crippen molar-refractivity contribution in [3.05, 3.63) is 241 Å². The van der Waals surface area contributed by atoms with Crippen LogP contribution >= 0.6 is 0 Å². The van der Waals surface area contributed by atoms with Gasteiger partial charge in [-0.1, -0.05) is 42.9 Å². The third kappa shape index (κ3) is 19.5. The summed E-state index contributed by atoms with van der Waals surface area (Å²) in [6, 6.07) is 43.9. The number of fused-ring (bicyclic) bond motifs is 4. The van der Waals surface area contributed by atoms with E-state index in [4.69, 9.17) is 14.5 Å². The Hall–Kier alpha value is -13.5. The standard InChI is InChI=1S/C27H28N4O2.C23H25FN4O3S.C23H25FN4O3.C21H22N3O.No/c1-33-22-12-10-21(11-13-22)31-17-14-23-25(28-18-20-8-4-2-5-9-20)24(19-29-26(23)31)27(32)30-15-6-3-7-16-30;1-23(24)7-4-15(5-8-23)21(29)17-10-16-6-9-28(22(16)26-12-17)19-11-18(13-25-14-19)27-32(30,31)20-2-3-20;1-3-31-22(30)27-18-11-19(14-25-13-18)28-9-6-16-10-17(12-26-21(16)28)20(29)15-4-7-23(2,24)8-5-15;1-15-8-11-23(12-9-15)21(25)19-14-22-20-18(16(19)2)10-13-24(20)17-6-4-3-5-7-17;/h2,4-5,8-14,17,19H,3,6-7,15-16,18H2,1H3,(H,28,29);6,9-15,20,27H,2-5,7-8H2,1H3;6,9-15H,3-5,7-8H2,1-2H3,(H,27,30);4-7,10,13-15H,8-9,11-12H2,1-2H3;/q;;;-1;. The number of pyridine rings is 6. The average Bonchev–Trinajstić information content (AvgIpc) is 1.63. The normalized spacial score (nSPS) is 18.6. The fourth-order valence-electron chi connectivity index (χ4n) is 16.3. The van der Waals surface area contributed by atoms with Crippen LogP contribution in [-0.2, 0) is 21.3 Å². The van der Waals surface area contributed by atoms with Gasteiger partial charge >= 0.3 is 6.09 Å². The van der Waals surface area contributed by atoms with Crippen molar-refractivity contribution in [2.75, 3.05) is 55.3 Å². The van der Waals surface area contributed by atoms with Crippen LogP contribution < -0.4 is 20.1 Å². The van der Waals surface area contributed by atoms with Crippen LogP contribution in [0.1, 0.15) is 177 Å². The topological polar surface area (TPSA) is 278 Å². The number of nitrogens with one attached hydrogen (secondary N) is 3. The molecule has 0 spiro atoms. The number of ketones is 2. The number of piperidine rings is 2. The Balaban J connectivity index is 0.000000133. The number of amides is 3. The van der Waals surface area contributed by atoms with Crippen LogP contribution in [0.3, 0.4) is 0 Å². The minimum Gasteiger partial charge on any atom is -0.497 e. The second-order valence-electron chi connectivity index (χ2n) is 32.6. The maximum Gasteiger partial charge on any atom is 0.411 e. The van der Waals surface area contributed by atoms with E-state index in [1.807, 2.05) is 158 Å². The number of benzene rings is 3. The van der Waals surface area contributed by atoms with Crippen LogP contribution in [0.2, 0.25) is 0 Å². The van der Waals surface area contributed by atoms with Crippen LogP contribution in [0.4, 0.5) is 30.6 Å². The van der Waals surface area contributed by atoms with E-state index in [1.165, 1.54) is 18.8 Å². The van der Waals surface area contributed by atoms with Gasteiger partial charge in [-0.05, 0) is 214 Å².